The maximum atomic E-state index is 12.9. The standard InChI is InChI=1S/C12H10F6O2/c1-19-8-4-2-7(3-5-8)9-10(6-20-9,11(13,14)15)12(16,17)18/h2-5,9H,6H2,1H3. The van der Waals surface area contributed by atoms with E-state index in [1.165, 1.54) is 19.2 Å². The first-order valence-corrected chi connectivity index (χ1v) is 5.52. The molecule has 20 heavy (non-hydrogen) atoms. The third-order valence-electron chi connectivity index (χ3n) is 3.36. The molecule has 0 radical (unpaired) electrons. The van der Waals surface area contributed by atoms with Crippen LogP contribution in [0.1, 0.15) is 11.7 Å². The monoisotopic (exact) mass is 300 g/mol. The van der Waals surface area contributed by atoms with Crippen LogP contribution in [-0.2, 0) is 4.74 Å². The molecule has 1 heterocycles. The van der Waals surface area contributed by atoms with Crippen molar-refractivity contribution in [1.29, 1.82) is 0 Å². The number of hydrogen-bond acceptors (Lipinski definition) is 2. The van der Waals surface area contributed by atoms with Crippen LogP contribution < -0.4 is 4.74 Å². The predicted octanol–water partition coefficient (Wildman–Crippen LogP) is 3.88. The molecule has 1 aliphatic rings. The normalized spacial score (nSPS) is 22.2. The fraction of sp³-hybridized carbons (Fsp3) is 0.500. The first kappa shape index (κ1) is 15.0. The van der Waals surface area contributed by atoms with Crippen LogP contribution in [0.4, 0.5) is 26.3 Å². The van der Waals surface area contributed by atoms with E-state index in [4.69, 9.17) is 4.74 Å². The predicted molar refractivity (Wildman–Crippen MR) is 56.2 cm³/mol. The minimum atomic E-state index is -5.44. The second-order valence-electron chi connectivity index (χ2n) is 4.43. The molecule has 0 spiro atoms. The molecule has 0 aliphatic carbocycles. The van der Waals surface area contributed by atoms with Crippen molar-refractivity contribution in [2.24, 2.45) is 5.41 Å². The Kier molecular flexibility index (Phi) is 3.40. The Labute approximate surface area is 110 Å². The van der Waals surface area contributed by atoms with E-state index in [1.54, 1.807) is 0 Å². The summed E-state index contributed by atoms with van der Waals surface area (Å²) in [5.74, 6) is 0.331. The molecule has 0 N–H and O–H groups in total. The van der Waals surface area contributed by atoms with Gasteiger partial charge in [-0.25, -0.2) is 0 Å². The fourth-order valence-corrected chi connectivity index (χ4v) is 2.11. The van der Waals surface area contributed by atoms with Crippen LogP contribution >= 0.6 is 0 Å². The lowest BCUT2D eigenvalue weighted by atomic mass is 9.73. The average molecular weight is 300 g/mol. The van der Waals surface area contributed by atoms with Crippen LogP contribution in [0.15, 0.2) is 24.3 Å². The van der Waals surface area contributed by atoms with E-state index in [1.807, 2.05) is 0 Å². The second-order valence-corrected chi connectivity index (χ2v) is 4.43. The molecule has 1 aliphatic heterocycles. The maximum Gasteiger partial charge on any atom is 0.408 e. The lowest BCUT2D eigenvalue weighted by molar-refractivity contribution is -0.432. The van der Waals surface area contributed by atoms with Gasteiger partial charge in [-0.1, -0.05) is 12.1 Å². The Hall–Kier alpha value is -1.44. The van der Waals surface area contributed by atoms with Crippen LogP contribution in [0.25, 0.3) is 0 Å². The van der Waals surface area contributed by atoms with Crippen molar-refractivity contribution in [3.63, 3.8) is 0 Å². The van der Waals surface area contributed by atoms with Gasteiger partial charge in [-0.3, -0.25) is 0 Å². The molecule has 2 nitrogen and oxygen atoms in total. The van der Waals surface area contributed by atoms with Crippen LogP contribution in [0.3, 0.4) is 0 Å². The molecule has 1 unspecified atom stereocenters. The van der Waals surface area contributed by atoms with Gasteiger partial charge in [0.25, 0.3) is 0 Å². The highest BCUT2D eigenvalue weighted by molar-refractivity contribution is 5.31. The molecule has 2 rings (SSSR count). The number of alkyl halides is 6. The van der Waals surface area contributed by atoms with Crippen molar-refractivity contribution in [3.8, 4) is 5.75 Å². The van der Waals surface area contributed by atoms with E-state index in [2.05, 4.69) is 4.74 Å². The third-order valence-corrected chi connectivity index (χ3v) is 3.36. The van der Waals surface area contributed by atoms with Crippen molar-refractivity contribution in [2.45, 2.75) is 18.5 Å². The SMILES string of the molecule is COc1ccc(C2OCC2(C(F)(F)F)C(F)(F)F)cc1. The fourth-order valence-electron chi connectivity index (χ4n) is 2.11. The van der Waals surface area contributed by atoms with E-state index >= 15 is 0 Å². The number of methoxy groups -OCH3 is 1. The van der Waals surface area contributed by atoms with Crippen LogP contribution in [0.5, 0.6) is 5.75 Å². The van der Waals surface area contributed by atoms with Gasteiger partial charge in [0.2, 0.25) is 5.41 Å². The van der Waals surface area contributed by atoms with E-state index in [0.29, 0.717) is 5.75 Å². The van der Waals surface area contributed by atoms with Gasteiger partial charge < -0.3 is 9.47 Å². The van der Waals surface area contributed by atoms with E-state index in [0.717, 1.165) is 12.1 Å². The lowest BCUT2D eigenvalue weighted by Crippen LogP contribution is -2.63. The Morgan fingerprint density at radius 1 is 1.05 bits per heavy atom. The summed E-state index contributed by atoms with van der Waals surface area (Å²) in [4.78, 5) is 0. The summed E-state index contributed by atoms with van der Waals surface area (Å²) in [6, 6.07) is 4.84. The summed E-state index contributed by atoms with van der Waals surface area (Å²) in [5, 5.41) is 0. The molecule has 1 saturated heterocycles. The minimum absolute atomic E-state index is 0.188. The summed E-state index contributed by atoms with van der Waals surface area (Å²) >= 11 is 0. The first-order valence-electron chi connectivity index (χ1n) is 5.52. The molecule has 1 atom stereocenters. The number of ether oxygens (including phenoxy) is 2. The summed E-state index contributed by atoms with van der Waals surface area (Å²) in [5.41, 5.74) is -4.04. The van der Waals surface area contributed by atoms with Gasteiger partial charge in [-0.05, 0) is 17.7 Å². The first-order chi connectivity index (χ1) is 9.13. The molecule has 1 fully saturated rings. The van der Waals surface area contributed by atoms with Gasteiger partial charge in [0.1, 0.15) is 11.9 Å². The Morgan fingerprint density at radius 2 is 1.55 bits per heavy atom. The van der Waals surface area contributed by atoms with Crippen LogP contribution in [0.2, 0.25) is 0 Å². The molecule has 1 aromatic carbocycles. The van der Waals surface area contributed by atoms with Gasteiger partial charge in [-0.15, -0.1) is 0 Å². The van der Waals surface area contributed by atoms with E-state index in [-0.39, 0.29) is 5.56 Å². The van der Waals surface area contributed by atoms with Crippen LogP contribution in [0, 0.1) is 5.41 Å². The van der Waals surface area contributed by atoms with Gasteiger partial charge in [0, 0.05) is 0 Å². The number of hydrogen-bond donors (Lipinski definition) is 0. The molecule has 0 saturated carbocycles. The summed E-state index contributed by atoms with van der Waals surface area (Å²) in [7, 11) is 1.34. The number of benzene rings is 1. The summed E-state index contributed by atoms with van der Waals surface area (Å²) in [6.07, 6.45) is -13.0. The number of halogens is 6. The Bertz CT molecular complexity index is 462. The maximum absolute atomic E-state index is 12.9. The Morgan fingerprint density at radius 3 is 1.85 bits per heavy atom. The zero-order chi connectivity index (χ0) is 15.2. The smallest absolute Gasteiger partial charge is 0.408 e. The van der Waals surface area contributed by atoms with Crippen molar-refractivity contribution in [3.05, 3.63) is 29.8 Å². The van der Waals surface area contributed by atoms with E-state index in [9.17, 15) is 26.3 Å². The highest BCUT2D eigenvalue weighted by atomic mass is 19.4. The highest BCUT2D eigenvalue weighted by Crippen LogP contribution is 2.64. The van der Waals surface area contributed by atoms with Crippen LogP contribution in [-0.4, -0.2) is 26.1 Å². The summed E-state index contributed by atoms with van der Waals surface area (Å²) in [6.45, 7) is -1.42. The molecule has 8 heteroatoms. The quantitative estimate of drug-likeness (QED) is 0.772. The van der Waals surface area contributed by atoms with Crippen molar-refractivity contribution < 1.29 is 35.8 Å². The second kappa shape index (κ2) is 4.54. The minimum Gasteiger partial charge on any atom is -0.497 e. The third kappa shape index (κ3) is 2.02. The molecule has 0 aromatic heterocycles. The van der Waals surface area contributed by atoms with Crippen molar-refractivity contribution in [2.75, 3.05) is 13.7 Å². The van der Waals surface area contributed by atoms with E-state index < -0.39 is 30.5 Å². The molecule has 0 amide bonds. The summed E-state index contributed by atoms with van der Waals surface area (Å²) < 4.78 is 86.8. The molecule has 112 valence electrons. The largest absolute Gasteiger partial charge is 0.497 e. The molecular weight excluding hydrogens is 290 g/mol. The van der Waals surface area contributed by atoms with Gasteiger partial charge in [-0.2, -0.15) is 26.3 Å². The molecular formula is C12H10F6O2. The van der Waals surface area contributed by atoms with Crippen molar-refractivity contribution >= 4 is 0 Å². The van der Waals surface area contributed by atoms with Crippen molar-refractivity contribution in [1.82, 2.24) is 0 Å². The zero-order valence-electron chi connectivity index (χ0n) is 10.2. The topological polar surface area (TPSA) is 18.5 Å². The van der Waals surface area contributed by atoms with Gasteiger partial charge >= 0.3 is 12.4 Å². The molecule has 0 bridgehead atoms. The van der Waals surface area contributed by atoms with Gasteiger partial charge in [0.15, 0.2) is 0 Å². The zero-order valence-corrected chi connectivity index (χ0v) is 10.2. The molecule has 1 aromatic rings. The van der Waals surface area contributed by atoms with Gasteiger partial charge in [0.05, 0.1) is 13.7 Å². The Balaban J connectivity index is 2.41. The lowest BCUT2D eigenvalue weighted by Gasteiger charge is -2.50. The highest BCUT2D eigenvalue weighted by Gasteiger charge is 2.79. The average Bonchev–Trinajstić information content (AvgIpc) is 2.24. The number of rotatable bonds is 2.